The first-order chi connectivity index (χ1) is 6.11. The van der Waals surface area contributed by atoms with E-state index in [4.69, 9.17) is 9.79 Å². The molecule has 0 aromatic rings. The molecule has 0 spiro atoms. The Morgan fingerprint density at radius 2 is 1.36 bits per heavy atom. The lowest BCUT2D eigenvalue weighted by Gasteiger charge is -2.42. The second-order valence-corrected chi connectivity index (χ2v) is 7.47. The highest BCUT2D eigenvalue weighted by atomic mass is 31.2. The SMILES string of the molecule is CC(C)(CCP(O)O)C(C)(C)P(O)O. The average molecular weight is 242 g/mol. The van der Waals surface area contributed by atoms with E-state index >= 15 is 0 Å². The molecule has 0 saturated heterocycles. The summed E-state index contributed by atoms with van der Waals surface area (Å²) in [5.41, 5.74) is -0.325. The highest BCUT2D eigenvalue weighted by Gasteiger charge is 2.42. The second-order valence-electron chi connectivity index (χ2n) is 4.58. The molecule has 0 aliphatic heterocycles. The Balaban J connectivity index is 4.44. The van der Waals surface area contributed by atoms with Crippen molar-refractivity contribution in [1.82, 2.24) is 0 Å². The molecule has 0 atom stereocenters. The third-order valence-electron chi connectivity index (χ3n) is 3.09. The predicted molar refractivity (Wildman–Crippen MR) is 60.1 cm³/mol. The van der Waals surface area contributed by atoms with E-state index in [1.807, 2.05) is 13.8 Å². The number of hydrogen-bond donors (Lipinski definition) is 4. The molecule has 0 saturated carbocycles. The predicted octanol–water partition coefficient (Wildman–Crippen LogP) is 1.77. The molecule has 0 aliphatic rings. The zero-order chi connectivity index (χ0) is 11.6. The van der Waals surface area contributed by atoms with Crippen LogP contribution in [0.2, 0.25) is 0 Å². The fraction of sp³-hybridized carbons (Fsp3) is 1.00. The Morgan fingerprint density at radius 3 is 1.64 bits per heavy atom. The lowest BCUT2D eigenvalue weighted by atomic mass is 9.78. The van der Waals surface area contributed by atoms with Crippen molar-refractivity contribution in [3.63, 3.8) is 0 Å². The van der Waals surface area contributed by atoms with Crippen molar-refractivity contribution in [2.45, 2.75) is 39.3 Å². The first-order valence-corrected chi connectivity index (χ1v) is 7.12. The summed E-state index contributed by atoms with van der Waals surface area (Å²) >= 11 is 0. The lowest BCUT2D eigenvalue weighted by Crippen LogP contribution is -2.37. The normalized spacial score (nSPS) is 14.1. The maximum Gasteiger partial charge on any atom is 0.171 e. The van der Waals surface area contributed by atoms with Crippen molar-refractivity contribution in [2.75, 3.05) is 6.16 Å². The molecule has 0 aromatic carbocycles. The minimum Gasteiger partial charge on any atom is -0.350 e. The van der Waals surface area contributed by atoms with Crippen LogP contribution in [-0.4, -0.2) is 30.9 Å². The summed E-state index contributed by atoms with van der Waals surface area (Å²) in [6, 6.07) is 0. The van der Waals surface area contributed by atoms with Gasteiger partial charge in [-0.3, -0.25) is 0 Å². The van der Waals surface area contributed by atoms with Gasteiger partial charge in [-0.05, 0) is 11.8 Å². The average Bonchev–Trinajstić information content (AvgIpc) is 2.00. The van der Waals surface area contributed by atoms with Crippen molar-refractivity contribution >= 4 is 16.8 Å². The summed E-state index contributed by atoms with van der Waals surface area (Å²) in [5, 5.41) is -0.603. The highest BCUT2D eigenvalue weighted by Crippen LogP contribution is 2.54. The Morgan fingerprint density at radius 1 is 0.929 bits per heavy atom. The van der Waals surface area contributed by atoms with E-state index in [-0.39, 0.29) is 5.41 Å². The van der Waals surface area contributed by atoms with Crippen LogP contribution >= 0.6 is 16.8 Å². The van der Waals surface area contributed by atoms with Gasteiger partial charge in [-0.25, -0.2) is 0 Å². The third-order valence-corrected chi connectivity index (χ3v) is 5.32. The smallest absolute Gasteiger partial charge is 0.171 e. The molecule has 6 heteroatoms. The van der Waals surface area contributed by atoms with E-state index in [0.29, 0.717) is 12.6 Å². The summed E-state index contributed by atoms with van der Waals surface area (Å²) < 4.78 is 0. The van der Waals surface area contributed by atoms with Gasteiger partial charge in [0, 0.05) is 11.3 Å². The minimum absolute atomic E-state index is 0.314. The van der Waals surface area contributed by atoms with E-state index in [0.717, 1.165) is 0 Å². The molecule has 0 unspecified atom stereocenters. The molecule has 4 N–H and O–H groups in total. The van der Waals surface area contributed by atoms with Crippen LogP contribution in [0.4, 0.5) is 0 Å². The number of hydrogen-bond acceptors (Lipinski definition) is 4. The largest absolute Gasteiger partial charge is 0.350 e. The third kappa shape index (κ3) is 3.69. The Kier molecular flexibility index (Phi) is 5.41. The van der Waals surface area contributed by atoms with Gasteiger partial charge < -0.3 is 19.6 Å². The highest BCUT2D eigenvalue weighted by molar-refractivity contribution is 7.47. The molecule has 0 aromatic heterocycles. The number of rotatable bonds is 5. The molecule has 4 nitrogen and oxygen atoms in total. The van der Waals surface area contributed by atoms with Crippen LogP contribution in [0.15, 0.2) is 0 Å². The van der Waals surface area contributed by atoms with Gasteiger partial charge in [0.2, 0.25) is 0 Å². The zero-order valence-corrected chi connectivity index (χ0v) is 10.9. The maximum absolute atomic E-state index is 9.28. The van der Waals surface area contributed by atoms with Crippen molar-refractivity contribution in [1.29, 1.82) is 0 Å². The molecule has 0 radical (unpaired) electrons. The standard InChI is InChI=1S/C8H20O4P2/c1-7(2,5-6-13(9)10)8(3,4)14(11)12/h9-12H,5-6H2,1-4H3. The van der Waals surface area contributed by atoms with Gasteiger partial charge in [0.15, 0.2) is 16.8 Å². The summed E-state index contributed by atoms with van der Waals surface area (Å²) in [7, 11) is -3.91. The lowest BCUT2D eigenvalue weighted by molar-refractivity contribution is 0.237. The second kappa shape index (κ2) is 5.16. The van der Waals surface area contributed by atoms with E-state index in [9.17, 15) is 9.79 Å². The first-order valence-electron chi connectivity index (χ1n) is 4.44. The van der Waals surface area contributed by atoms with E-state index in [1.165, 1.54) is 0 Å². The van der Waals surface area contributed by atoms with Crippen molar-refractivity contribution in [3.8, 4) is 0 Å². The van der Waals surface area contributed by atoms with Crippen LogP contribution in [-0.2, 0) is 0 Å². The van der Waals surface area contributed by atoms with E-state index < -0.39 is 21.9 Å². The Hall–Kier alpha value is 0.700. The molecular weight excluding hydrogens is 222 g/mol. The van der Waals surface area contributed by atoms with Gasteiger partial charge >= 0.3 is 0 Å². The van der Waals surface area contributed by atoms with E-state index in [1.54, 1.807) is 13.8 Å². The van der Waals surface area contributed by atoms with Crippen LogP contribution < -0.4 is 0 Å². The fourth-order valence-corrected chi connectivity index (χ4v) is 2.37. The van der Waals surface area contributed by atoms with Crippen molar-refractivity contribution in [3.05, 3.63) is 0 Å². The quantitative estimate of drug-likeness (QED) is 0.554. The topological polar surface area (TPSA) is 80.9 Å². The van der Waals surface area contributed by atoms with Gasteiger partial charge in [-0.1, -0.05) is 27.7 Å². The molecule has 86 valence electrons. The Bertz CT molecular complexity index is 180. The zero-order valence-electron chi connectivity index (χ0n) is 9.10. The molecule has 0 bridgehead atoms. The molecule has 14 heavy (non-hydrogen) atoms. The molecule has 0 amide bonds. The molecular formula is C8H20O4P2. The van der Waals surface area contributed by atoms with Gasteiger partial charge in [-0.2, -0.15) is 0 Å². The summed E-state index contributed by atoms with van der Waals surface area (Å²) in [6.07, 6.45) is 0.883. The van der Waals surface area contributed by atoms with Crippen LogP contribution in [0.25, 0.3) is 0 Å². The van der Waals surface area contributed by atoms with Crippen LogP contribution in [0.3, 0.4) is 0 Å². The maximum atomic E-state index is 9.28. The van der Waals surface area contributed by atoms with Gasteiger partial charge in [0.05, 0.1) is 0 Å². The minimum atomic E-state index is -2.02. The first kappa shape index (κ1) is 14.7. The monoisotopic (exact) mass is 242 g/mol. The molecule has 0 rings (SSSR count). The van der Waals surface area contributed by atoms with Gasteiger partial charge in [-0.15, -0.1) is 0 Å². The van der Waals surface area contributed by atoms with Crippen LogP contribution in [0.5, 0.6) is 0 Å². The molecule has 0 fully saturated rings. The van der Waals surface area contributed by atoms with E-state index in [2.05, 4.69) is 0 Å². The van der Waals surface area contributed by atoms with Gasteiger partial charge in [0.1, 0.15) is 0 Å². The van der Waals surface area contributed by atoms with Crippen molar-refractivity contribution in [2.24, 2.45) is 5.41 Å². The summed E-state index contributed by atoms with van der Waals surface area (Å²) in [5.74, 6) is 0. The molecule has 0 heterocycles. The fourth-order valence-electron chi connectivity index (χ4n) is 0.956. The summed E-state index contributed by atoms with van der Waals surface area (Å²) in [4.78, 5) is 36.2. The Labute approximate surface area is 87.8 Å². The molecule has 0 aliphatic carbocycles. The van der Waals surface area contributed by atoms with Crippen molar-refractivity contribution < 1.29 is 19.6 Å². The van der Waals surface area contributed by atoms with Gasteiger partial charge in [0.25, 0.3) is 0 Å². The summed E-state index contributed by atoms with van der Waals surface area (Å²) in [6.45, 7) is 7.40. The van der Waals surface area contributed by atoms with Crippen LogP contribution in [0.1, 0.15) is 34.1 Å². The van der Waals surface area contributed by atoms with Crippen LogP contribution in [0, 0.1) is 5.41 Å².